The number of hydrogen-bond donors (Lipinski definition) is 0. The van der Waals surface area contributed by atoms with Gasteiger partial charge in [-0.3, -0.25) is 4.79 Å². The van der Waals surface area contributed by atoms with E-state index in [1.165, 1.54) is 0 Å². The topological polar surface area (TPSA) is 43.4 Å². The van der Waals surface area contributed by atoms with Gasteiger partial charge in [0.1, 0.15) is 12.9 Å². The van der Waals surface area contributed by atoms with E-state index in [9.17, 15) is 9.59 Å². The largest absolute Gasteiger partial charge is 0.461 e. The average Bonchev–Trinajstić information content (AvgIpc) is 2.34. The second-order valence-corrected chi connectivity index (χ2v) is 3.74. The highest BCUT2D eigenvalue weighted by Crippen LogP contribution is 2.09. The van der Waals surface area contributed by atoms with E-state index in [2.05, 4.69) is 0 Å². The molecule has 1 atom stereocenters. The molecule has 0 radical (unpaired) electrons. The van der Waals surface area contributed by atoms with E-state index in [1.54, 1.807) is 6.92 Å². The Kier molecular flexibility index (Phi) is 5.26. The molecular weight excluding hydrogens is 204 g/mol. The van der Waals surface area contributed by atoms with Crippen LogP contribution < -0.4 is 0 Å². The van der Waals surface area contributed by atoms with Crippen LogP contribution in [0.4, 0.5) is 0 Å². The first-order valence-electron chi connectivity index (χ1n) is 5.38. The summed E-state index contributed by atoms with van der Waals surface area (Å²) in [6.07, 6.45) is 1.78. The molecule has 86 valence electrons. The minimum absolute atomic E-state index is 0.214. The molecule has 0 aliphatic heterocycles. The van der Waals surface area contributed by atoms with E-state index >= 15 is 0 Å². The Morgan fingerprint density at radius 3 is 2.69 bits per heavy atom. The predicted molar refractivity (Wildman–Crippen MR) is 60.7 cm³/mol. The van der Waals surface area contributed by atoms with Gasteiger partial charge in [-0.15, -0.1) is 0 Å². The van der Waals surface area contributed by atoms with E-state index in [0.717, 1.165) is 11.8 Å². The number of ether oxygens (including phenoxy) is 1. The smallest absolute Gasteiger partial charge is 0.308 e. The SMILES string of the molecule is CC(CCC=O)C(=O)OCc1ccccc1. The molecule has 1 aromatic rings. The molecule has 1 aromatic carbocycles. The molecule has 0 heterocycles. The molecule has 0 amide bonds. The molecule has 16 heavy (non-hydrogen) atoms. The van der Waals surface area contributed by atoms with Gasteiger partial charge in [0.05, 0.1) is 5.92 Å². The first kappa shape index (κ1) is 12.4. The maximum absolute atomic E-state index is 11.5. The van der Waals surface area contributed by atoms with Gasteiger partial charge in [0, 0.05) is 6.42 Å². The number of benzene rings is 1. The summed E-state index contributed by atoms with van der Waals surface area (Å²) in [5.41, 5.74) is 0.971. The van der Waals surface area contributed by atoms with Crippen molar-refractivity contribution in [2.24, 2.45) is 5.92 Å². The standard InChI is InChI=1S/C13H16O3/c1-11(6-5-9-14)13(15)16-10-12-7-3-2-4-8-12/h2-4,7-9,11H,5-6,10H2,1H3. The molecule has 0 aromatic heterocycles. The fourth-order valence-corrected chi connectivity index (χ4v) is 1.31. The summed E-state index contributed by atoms with van der Waals surface area (Å²) in [5.74, 6) is -0.459. The van der Waals surface area contributed by atoms with Gasteiger partial charge < -0.3 is 9.53 Å². The van der Waals surface area contributed by atoms with Crippen LogP contribution in [0, 0.1) is 5.92 Å². The first-order chi connectivity index (χ1) is 7.74. The highest BCUT2D eigenvalue weighted by Gasteiger charge is 2.13. The predicted octanol–water partition coefficient (Wildman–Crippen LogP) is 2.35. The van der Waals surface area contributed by atoms with E-state index in [-0.39, 0.29) is 11.9 Å². The molecule has 0 spiro atoms. The Balaban J connectivity index is 2.32. The van der Waals surface area contributed by atoms with Gasteiger partial charge in [0.15, 0.2) is 0 Å². The summed E-state index contributed by atoms with van der Waals surface area (Å²) in [4.78, 5) is 21.6. The zero-order chi connectivity index (χ0) is 11.8. The van der Waals surface area contributed by atoms with Crippen LogP contribution in [0.3, 0.4) is 0 Å². The van der Waals surface area contributed by atoms with E-state index in [1.807, 2.05) is 30.3 Å². The lowest BCUT2D eigenvalue weighted by molar-refractivity contribution is -0.149. The van der Waals surface area contributed by atoms with Crippen molar-refractivity contribution in [1.82, 2.24) is 0 Å². The third-order valence-corrected chi connectivity index (χ3v) is 2.34. The minimum Gasteiger partial charge on any atom is -0.461 e. The highest BCUT2D eigenvalue weighted by molar-refractivity contribution is 5.72. The number of aldehydes is 1. The van der Waals surface area contributed by atoms with Gasteiger partial charge >= 0.3 is 5.97 Å². The van der Waals surface area contributed by atoms with Crippen LogP contribution in [0.1, 0.15) is 25.3 Å². The normalized spacial score (nSPS) is 11.8. The van der Waals surface area contributed by atoms with Gasteiger partial charge in [-0.05, 0) is 12.0 Å². The van der Waals surface area contributed by atoms with Crippen molar-refractivity contribution in [3.8, 4) is 0 Å². The third-order valence-electron chi connectivity index (χ3n) is 2.34. The number of esters is 1. The fourth-order valence-electron chi connectivity index (χ4n) is 1.31. The molecule has 0 bridgehead atoms. The van der Waals surface area contributed by atoms with Gasteiger partial charge in [-0.25, -0.2) is 0 Å². The Bertz CT molecular complexity index is 332. The van der Waals surface area contributed by atoms with Crippen LogP contribution in [0.5, 0.6) is 0 Å². The van der Waals surface area contributed by atoms with Crippen molar-refractivity contribution in [3.63, 3.8) is 0 Å². The zero-order valence-electron chi connectivity index (χ0n) is 9.39. The molecule has 1 unspecified atom stereocenters. The molecular formula is C13H16O3. The van der Waals surface area contributed by atoms with Crippen molar-refractivity contribution in [2.75, 3.05) is 0 Å². The maximum atomic E-state index is 11.5. The second kappa shape index (κ2) is 6.77. The Morgan fingerprint density at radius 1 is 1.38 bits per heavy atom. The van der Waals surface area contributed by atoms with Gasteiger partial charge in [-0.1, -0.05) is 37.3 Å². The monoisotopic (exact) mass is 220 g/mol. The second-order valence-electron chi connectivity index (χ2n) is 3.74. The molecule has 1 rings (SSSR count). The number of rotatable bonds is 6. The van der Waals surface area contributed by atoms with Gasteiger partial charge in [-0.2, -0.15) is 0 Å². The van der Waals surface area contributed by atoms with E-state index in [0.29, 0.717) is 19.4 Å². The van der Waals surface area contributed by atoms with Crippen LogP contribution in [-0.4, -0.2) is 12.3 Å². The number of carbonyl (C=O) groups excluding carboxylic acids is 2. The first-order valence-corrected chi connectivity index (χ1v) is 5.38. The molecule has 0 fully saturated rings. The highest BCUT2D eigenvalue weighted by atomic mass is 16.5. The molecule has 0 aliphatic carbocycles. The molecule has 0 N–H and O–H groups in total. The lowest BCUT2D eigenvalue weighted by atomic mass is 10.1. The Labute approximate surface area is 95.4 Å². The van der Waals surface area contributed by atoms with Crippen LogP contribution in [0.2, 0.25) is 0 Å². The van der Waals surface area contributed by atoms with Crippen LogP contribution in [0.25, 0.3) is 0 Å². The van der Waals surface area contributed by atoms with Crippen molar-refractivity contribution in [1.29, 1.82) is 0 Å². The maximum Gasteiger partial charge on any atom is 0.308 e. The quantitative estimate of drug-likeness (QED) is 0.546. The fraction of sp³-hybridized carbons (Fsp3) is 0.385. The van der Waals surface area contributed by atoms with Gasteiger partial charge in [0.2, 0.25) is 0 Å². The summed E-state index contributed by atoms with van der Waals surface area (Å²) < 4.78 is 5.13. The molecule has 0 saturated carbocycles. The average molecular weight is 220 g/mol. The molecule has 0 saturated heterocycles. The van der Waals surface area contributed by atoms with Crippen LogP contribution in [0.15, 0.2) is 30.3 Å². The minimum atomic E-state index is -0.245. The summed E-state index contributed by atoms with van der Waals surface area (Å²) in [6.45, 7) is 2.07. The lowest BCUT2D eigenvalue weighted by Gasteiger charge is -2.09. The van der Waals surface area contributed by atoms with Crippen LogP contribution >= 0.6 is 0 Å². The third kappa shape index (κ3) is 4.26. The summed E-state index contributed by atoms with van der Waals surface area (Å²) in [7, 11) is 0. The van der Waals surface area contributed by atoms with Crippen molar-refractivity contribution >= 4 is 12.3 Å². The van der Waals surface area contributed by atoms with E-state index < -0.39 is 0 Å². The molecule has 0 aliphatic rings. The number of hydrogen-bond acceptors (Lipinski definition) is 3. The Morgan fingerprint density at radius 2 is 2.06 bits per heavy atom. The zero-order valence-corrected chi connectivity index (χ0v) is 9.39. The van der Waals surface area contributed by atoms with Crippen molar-refractivity contribution in [3.05, 3.63) is 35.9 Å². The molecule has 3 heteroatoms. The van der Waals surface area contributed by atoms with Crippen LogP contribution in [-0.2, 0) is 20.9 Å². The van der Waals surface area contributed by atoms with Crippen molar-refractivity contribution in [2.45, 2.75) is 26.4 Å². The Hall–Kier alpha value is -1.64. The molecule has 3 nitrogen and oxygen atoms in total. The summed E-state index contributed by atoms with van der Waals surface area (Å²) in [6, 6.07) is 9.53. The number of carbonyl (C=O) groups is 2. The van der Waals surface area contributed by atoms with Gasteiger partial charge in [0.25, 0.3) is 0 Å². The lowest BCUT2D eigenvalue weighted by Crippen LogP contribution is -2.14. The van der Waals surface area contributed by atoms with Crippen molar-refractivity contribution < 1.29 is 14.3 Å². The summed E-state index contributed by atoms with van der Waals surface area (Å²) >= 11 is 0. The summed E-state index contributed by atoms with van der Waals surface area (Å²) in [5, 5.41) is 0. The van der Waals surface area contributed by atoms with E-state index in [4.69, 9.17) is 4.74 Å².